The van der Waals surface area contributed by atoms with Crippen molar-refractivity contribution >= 4 is 23.3 Å². The molecule has 1 aromatic rings. The van der Waals surface area contributed by atoms with Gasteiger partial charge in [0.15, 0.2) is 5.82 Å². The number of hydrogen-bond acceptors (Lipinski definition) is 3. The average Bonchev–Trinajstić information content (AvgIpc) is 2.62. The second-order valence-electron chi connectivity index (χ2n) is 3.14. The number of nitrogens with one attached hydrogen (secondary N) is 3. The molecule has 14 heavy (non-hydrogen) atoms. The number of aromatic nitrogens is 2. The molecule has 1 aliphatic rings. The summed E-state index contributed by atoms with van der Waals surface area (Å²) in [5.74, 6) is 0.319. The van der Waals surface area contributed by atoms with E-state index >= 15 is 0 Å². The minimum atomic E-state index is -0.230. The predicted octanol–water partition coefficient (Wildman–Crippen LogP) is 0.233. The van der Waals surface area contributed by atoms with Gasteiger partial charge in [-0.1, -0.05) is 0 Å². The van der Waals surface area contributed by atoms with E-state index in [1.807, 2.05) is 0 Å². The second kappa shape index (κ2) is 3.98. The lowest BCUT2D eigenvalue weighted by Crippen LogP contribution is -2.24. The van der Waals surface area contributed by atoms with Crippen molar-refractivity contribution in [1.29, 1.82) is 0 Å². The van der Waals surface area contributed by atoms with Crippen LogP contribution in [0.1, 0.15) is 11.3 Å². The summed E-state index contributed by atoms with van der Waals surface area (Å²) >= 11 is 5.39. The van der Waals surface area contributed by atoms with E-state index in [2.05, 4.69) is 20.8 Å². The lowest BCUT2D eigenvalue weighted by atomic mass is 10.1. The van der Waals surface area contributed by atoms with Crippen LogP contribution in [0.2, 0.25) is 0 Å². The second-order valence-corrected chi connectivity index (χ2v) is 3.41. The Morgan fingerprint density at radius 2 is 2.50 bits per heavy atom. The summed E-state index contributed by atoms with van der Waals surface area (Å²) in [7, 11) is 0. The first kappa shape index (κ1) is 9.48. The van der Waals surface area contributed by atoms with E-state index in [1.165, 1.54) is 0 Å². The molecule has 5 nitrogen and oxygen atoms in total. The van der Waals surface area contributed by atoms with Crippen molar-refractivity contribution < 1.29 is 4.79 Å². The smallest absolute Gasteiger partial charge is 0.240 e. The van der Waals surface area contributed by atoms with Crippen LogP contribution in [0.4, 0.5) is 5.82 Å². The average molecular weight is 215 g/mol. The molecule has 76 valence electrons. The molecule has 2 heterocycles. The molecule has 0 spiro atoms. The Morgan fingerprint density at radius 1 is 1.64 bits per heavy atom. The molecule has 0 fully saturated rings. The number of carbonyl (C=O) groups is 1. The van der Waals surface area contributed by atoms with E-state index < -0.39 is 0 Å². The first-order valence-electron chi connectivity index (χ1n) is 4.44. The third kappa shape index (κ3) is 1.73. The van der Waals surface area contributed by atoms with Crippen LogP contribution in [0.5, 0.6) is 0 Å². The van der Waals surface area contributed by atoms with Gasteiger partial charge in [-0.05, 0) is 0 Å². The number of rotatable bonds is 2. The highest BCUT2D eigenvalue weighted by Gasteiger charge is 2.17. The fraction of sp³-hybridized carbons (Fsp3) is 0.500. The van der Waals surface area contributed by atoms with Crippen molar-refractivity contribution in [1.82, 2.24) is 15.5 Å². The summed E-state index contributed by atoms with van der Waals surface area (Å²) in [5.41, 5.74) is 2.13. The maximum Gasteiger partial charge on any atom is 0.240 e. The van der Waals surface area contributed by atoms with Crippen molar-refractivity contribution in [3.8, 4) is 0 Å². The van der Waals surface area contributed by atoms with Gasteiger partial charge >= 0.3 is 0 Å². The molecular weight excluding hydrogens is 204 g/mol. The van der Waals surface area contributed by atoms with E-state index in [4.69, 9.17) is 11.6 Å². The fourth-order valence-corrected chi connectivity index (χ4v) is 1.56. The SMILES string of the molecule is O=C(CCl)Nc1n[nH]c2c1CNCC2. The van der Waals surface area contributed by atoms with Gasteiger partial charge in [0.1, 0.15) is 5.88 Å². The summed E-state index contributed by atoms with van der Waals surface area (Å²) in [6.45, 7) is 1.68. The summed E-state index contributed by atoms with van der Waals surface area (Å²) < 4.78 is 0. The Labute approximate surface area is 86.2 Å². The molecule has 0 aliphatic carbocycles. The topological polar surface area (TPSA) is 69.8 Å². The number of amides is 1. The molecule has 0 saturated carbocycles. The Kier molecular flexibility index (Phi) is 2.69. The van der Waals surface area contributed by atoms with Crippen molar-refractivity contribution in [3.63, 3.8) is 0 Å². The number of aromatic amines is 1. The van der Waals surface area contributed by atoms with Gasteiger partial charge in [-0.3, -0.25) is 9.89 Å². The molecule has 2 rings (SSSR count). The van der Waals surface area contributed by atoms with E-state index in [1.54, 1.807) is 0 Å². The maximum atomic E-state index is 11.0. The van der Waals surface area contributed by atoms with Gasteiger partial charge in [0, 0.05) is 30.8 Å². The molecule has 0 unspecified atom stereocenters. The normalized spacial score (nSPS) is 14.9. The molecule has 0 radical (unpaired) electrons. The highest BCUT2D eigenvalue weighted by molar-refractivity contribution is 6.29. The van der Waals surface area contributed by atoms with Crippen LogP contribution in [0, 0.1) is 0 Å². The maximum absolute atomic E-state index is 11.0. The number of hydrogen-bond donors (Lipinski definition) is 3. The molecule has 0 saturated heterocycles. The summed E-state index contributed by atoms with van der Waals surface area (Å²) in [6.07, 6.45) is 0.916. The van der Waals surface area contributed by atoms with Gasteiger partial charge in [-0.2, -0.15) is 5.10 Å². The minimum Gasteiger partial charge on any atom is -0.312 e. The zero-order valence-electron chi connectivity index (χ0n) is 7.56. The summed E-state index contributed by atoms with van der Waals surface area (Å²) in [6, 6.07) is 0. The lowest BCUT2D eigenvalue weighted by molar-refractivity contribution is -0.113. The van der Waals surface area contributed by atoms with Crippen LogP contribution in [-0.4, -0.2) is 28.5 Å². The number of halogens is 1. The number of nitrogens with zero attached hydrogens (tertiary/aromatic N) is 1. The van der Waals surface area contributed by atoms with E-state index in [0.29, 0.717) is 5.82 Å². The Morgan fingerprint density at radius 3 is 3.29 bits per heavy atom. The van der Waals surface area contributed by atoms with E-state index in [9.17, 15) is 4.79 Å². The summed E-state index contributed by atoms with van der Waals surface area (Å²) in [4.78, 5) is 11.0. The molecule has 6 heteroatoms. The van der Waals surface area contributed by atoms with Crippen molar-refractivity contribution in [2.45, 2.75) is 13.0 Å². The highest BCUT2D eigenvalue weighted by Crippen LogP contribution is 2.19. The largest absolute Gasteiger partial charge is 0.312 e. The molecule has 0 aromatic carbocycles. The molecule has 1 aromatic heterocycles. The van der Waals surface area contributed by atoms with Crippen LogP contribution in [0.15, 0.2) is 0 Å². The third-order valence-corrected chi connectivity index (χ3v) is 2.43. The predicted molar refractivity (Wildman–Crippen MR) is 53.3 cm³/mol. The first-order chi connectivity index (χ1) is 6.81. The van der Waals surface area contributed by atoms with Crippen LogP contribution in [0.3, 0.4) is 0 Å². The van der Waals surface area contributed by atoms with Gasteiger partial charge in [0.05, 0.1) is 0 Å². The molecule has 3 N–H and O–H groups in total. The van der Waals surface area contributed by atoms with Gasteiger partial charge in [-0.15, -0.1) is 11.6 Å². The number of H-pyrrole nitrogens is 1. The lowest BCUT2D eigenvalue weighted by Gasteiger charge is -2.12. The van der Waals surface area contributed by atoms with Crippen molar-refractivity contribution in [2.75, 3.05) is 17.7 Å². The molecular formula is C8H11ClN4O. The Bertz CT molecular complexity index is 349. The zero-order valence-corrected chi connectivity index (χ0v) is 8.32. The van der Waals surface area contributed by atoms with Gasteiger partial charge in [0.2, 0.25) is 5.91 Å². The van der Waals surface area contributed by atoms with Crippen LogP contribution in [0.25, 0.3) is 0 Å². The standard InChI is InChI=1S/C8H11ClN4O/c9-3-7(14)11-8-5-4-10-2-1-6(5)12-13-8/h10H,1-4H2,(H2,11,12,13,14). The minimum absolute atomic E-state index is 0.0466. The first-order valence-corrected chi connectivity index (χ1v) is 4.97. The van der Waals surface area contributed by atoms with Crippen molar-refractivity contribution in [2.24, 2.45) is 0 Å². The van der Waals surface area contributed by atoms with Crippen molar-refractivity contribution in [3.05, 3.63) is 11.3 Å². The van der Waals surface area contributed by atoms with Gasteiger partial charge in [0.25, 0.3) is 0 Å². The number of alkyl halides is 1. The number of fused-ring (bicyclic) bond motifs is 1. The Hall–Kier alpha value is -1.07. The highest BCUT2D eigenvalue weighted by atomic mass is 35.5. The number of carbonyl (C=O) groups excluding carboxylic acids is 1. The van der Waals surface area contributed by atoms with Crippen LogP contribution < -0.4 is 10.6 Å². The zero-order chi connectivity index (χ0) is 9.97. The monoisotopic (exact) mass is 214 g/mol. The van der Waals surface area contributed by atoms with Gasteiger partial charge in [-0.25, -0.2) is 0 Å². The molecule has 1 amide bonds. The summed E-state index contributed by atoms with van der Waals surface area (Å²) in [5, 5.41) is 12.8. The van der Waals surface area contributed by atoms with E-state index in [-0.39, 0.29) is 11.8 Å². The van der Waals surface area contributed by atoms with Gasteiger partial charge < -0.3 is 10.6 Å². The van der Waals surface area contributed by atoms with Crippen LogP contribution >= 0.6 is 11.6 Å². The molecule has 0 bridgehead atoms. The van der Waals surface area contributed by atoms with E-state index in [0.717, 1.165) is 30.8 Å². The molecule has 0 atom stereocenters. The third-order valence-electron chi connectivity index (χ3n) is 2.19. The molecule has 1 aliphatic heterocycles. The number of anilines is 1. The van der Waals surface area contributed by atoms with Crippen LogP contribution in [-0.2, 0) is 17.8 Å². The fourth-order valence-electron chi connectivity index (χ4n) is 1.49. The quantitative estimate of drug-likeness (QED) is 0.618. The Balaban J connectivity index is 2.18.